The second-order valence-corrected chi connectivity index (χ2v) is 4.36. The van der Waals surface area contributed by atoms with Gasteiger partial charge in [-0.1, -0.05) is 11.6 Å². The third-order valence-corrected chi connectivity index (χ3v) is 3.34. The van der Waals surface area contributed by atoms with E-state index in [0.29, 0.717) is 10.6 Å². The zero-order valence-corrected chi connectivity index (χ0v) is 10.1. The lowest BCUT2D eigenvalue weighted by Gasteiger charge is -2.04. The van der Waals surface area contributed by atoms with Crippen molar-refractivity contribution >= 4 is 49.2 Å². The highest BCUT2D eigenvalue weighted by Crippen LogP contribution is 2.31. The third kappa shape index (κ3) is 1.90. The molecule has 0 unspecified atom stereocenters. The van der Waals surface area contributed by atoms with Crippen LogP contribution in [0.5, 0.6) is 0 Å². The first kappa shape index (κ1) is 10.2. The van der Waals surface area contributed by atoms with Gasteiger partial charge >= 0.3 is 0 Å². The molecule has 1 rings (SSSR count). The lowest BCUT2D eigenvalue weighted by molar-refractivity contribution is 0.101. The van der Waals surface area contributed by atoms with Crippen LogP contribution in [0.2, 0.25) is 5.02 Å². The highest BCUT2D eigenvalue weighted by Gasteiger charge is 2.12. The van der Waals surface area contributed by atoms with E-state index in [0.717, 1.165) is 8.95 Å². The van der Waals surface area contributed by atoms with Crippen molar-refractivity contribution in [3.8, 4) is 0 Å². The minimum Gasteiger partial charge on any atom is -0.294 e. The maximum Gasteiger partial charge on any atom is 0.162 e. The number of carbonyl (C=O) groups is 1. The summed E-state index contributed by atoms with van der Waals surface area (Å²) in [4.78, 5) is 11.1. The topological polar surface area (TPSA) is 17.1 Å². The molecule has 1 aromatic carbocycles. The van der Waals surface area contributed by atoms with Gasteiger partial charge in [0, 0.05) is 8.95 Å². The predicted octanol–water partition coefficient (Wildman–Crippen LogP) is 4.07. The van der Waals surface area contributed by atoms with Gasteiger partial charge in [-0.15, -0.1) is 0 Å². The highest BCUT2D eigenvalue weighted by atomic mass is 79.9. The largest absolute Gasteiger partial charge is 0.294 e. The Bertz CT molecular complexity index is 336. The molecular formula is C8H5Br2ClO. The minimum absolute atomic E-state index is 0.0480. The van der Waals surface area contributed by atoms with Crippen molar-refractivity contribution < 1.29 is 4.79 Å². The second kappa shape index (κ2) is 3.90. The van der Waals surface area contributed by atoms with Crippen LogP contribution in [0, 0.1) is 0 Å². The minimum atomic E-state index is -0.0480. The van der Waals surface area contributed by atoms with Crippen LogP contribution in [0.4, 0.5) is 0 Å². The molecule has 0 aliphatic heterocycles. The Morgan fingerprint density at radius 3 is 2.25 bits per heavy atom. The molecule has 0 bridgehead atoms. The molecule has 0 heterocycles. The SMILES string of the molecule is CC(=O)c1c(Br)ccc(Br)c1Cl. The standard InChI is InChI=1S/C8H5Br2ClO/c1-4(12)7-5(9)2-3-6(10)8(7)11/h2-3H,1H3. The van der Waals surface area contributed by atoms with Crippen molar-refractivity contribution in [2.45, 2.75) is 6.92 Å². The van der Waals surface area contributed by atoms with Gasteiger partial charge in [0.2, 0.25) is 0 Å². The summed E-state index contributed by atoms with van der Waals surface area (Å²) in [5, 5.41) is 0.455. The number of hydrogen-bond donors (Lipinski definition) is 0. The molecule has 0 radical (unpaired) electrons. The van der Waals surface area contributed by atoms with Crippen molar-refractivity contribution in [3.63, 3.8) is 0 Å². The van der Waals surface area contributed by atoms with E-state index in [1.54, 1.807) is 12.1 Å². The van der Waals surface area contributed by atoms with Crippen LogP contribution in [0.25, 0.3) is 0 Å². The maximum atomic E-state index is 11.1. The summed E-state index contributed by atoms with van der Waals surface area (Å²) in [5.74, 6) is -0.0480. The number of ketones is 1. The third-order valence-electron chi connectivity index (χ3n) is 1.40. The Morgan fingerprint density at radius 1 is 1.33 bits per heavy atom. The van der Waals surface area contributed by atoms with Crippen LogP contribution in [-0.4, -0.2) is 5.78 Å². The Kier molecular flexibility index (Phi) is 3.32. The van der Waals surface area contributed by atoms with Gasteiger partial charge in [-0.2, -0.15) is 0 Å². The van der Waals surface area contributed by atoms with Gasteiger partial charge in [0.05, 0.1) is 10.6 Å². The second-order valence-electron chi connectivity index (χ2n) is 2.27. The molecule has 4 heteroatoms. The highest BCUT2D eigenvalue weighted by molar-refractivity contribution is 9.11. The van der Waals surface area contributed by atoms with E-state index in [1.807, 2.05) is 0 Å². The van der Waals surface area contributed by atoms with E-state index in [-0.39, 0.29) is 5.78 Å². The average Bonchev–Trinajstić information content (AvgIpc) is 1.97. The lowest BCUT2D eigenvalue weighted by atomic mass is 10.1. The van der Waals surface area contributed by atoms with Crippen LogP contribution in [0.15, 0.2) is 21.1 Å². The molecule has 0 saturated carbocycles. The first-order chi connectivity index (χ1) is 5.54. The summed E-state index contributed by atoms with van der Waals surface area (Å²) < 4.78 is 1.46. The summed E-state index contributed by atoms with van der Waals surface area (Å²) in [6.07, 6.45) is 0. The van der Waals surface area contributed by atoms with Crippen LogP contribution >= 0.6 is 43.5 Å². The van der Waals surface area contributed by atoms with Gasteiger partial charge in [-0.25, -0.2) is 0 Å². The van der Waals surface area contributed by atoms with Gasteiger partial charge in [-0.05, 0) is 50.9 Å². The number of Topliss-reactive ketones (excluding diaryl/α,β-unsaturated/α-hetero) is 1. The number of benzene rings is 1. The molecule has 64 valence electrons. The van der Waals surface area contributed by atoms with Gasteiger partial charge in [0.1, 0.15) is 0 Å². The zero-order valence-electron chi connectivity index (χ0n) is 6.20. The van der Waals surface area contributed by atoms with E-state index in [2.05, 4.69) is 31.9 Å². The molecule has 0 aromatic heterocycles. The predicted molar refractivity (Wildman–Crippen MR) is 56.9 cm³/mol. The van der Waals surface area contributed by atoms with E-state index in [4.69, 9.17) is 11.6 Å². The quantitative estimate of drug-likeness (QED) is 0.564. The summed E-state index contributed by atoms with van der Waals surface area (Å²) >= 11 is 12.4. The van der Waals surface area contributed by atoms with Crippen molar-refractivity contribution in [2.24, 2.45) is 0 Å². The Hall–Kier alpha value is 0.140. The van der Waals surface area contributed by atoms with E-state index in [9.17, 15) is 4.79 Å². The summed E-state index contributed by atoms with van der Waals surface area (Å²) in [7, 11) is 0. The molecule has 0 amide bonds. The first-order valence-corrected chi connectivity index (χ1v) is 5.15. The summed E-state index contributed by atoms with van der Waals surface area (Å²) in [6.45, 7) is 1.48. The van der Waals surface area contributed by atoms with Crippen LogP contribution in [-0.2, 0) is 0 Å². The Morgan fingerprint density at radius 2 is 1.83 bits per heavy atom. The summed E-state index contributed by atoms with van der Waals surface area (Å²) in [5.41, 5.74) is 0.519. The number of hydrogen-bond acceptors (Lipinski definition) is 1. The fourth-order valence-corrected chi connectivity index (χ4v) is 2.20. The smallest absolute Gasteiger partial charge is 0.162 e. The molecule has 0 atom stereocenters. The Labute approximate surface area is 92.4 Å². The number of halogens is 3. The van der Waals surface area contributed by atoms with Crippen molar-refractivity contribution in [1.29, 1.82) is 0 Å². The molecule has 0 N–H and O–H groups in total. The van der Waals surface area contributed by atoms with Crippen molar-refractivity contribution in [1.82, 2.24) is 0 Å². The maximum absolute atomic E-state index is 11.1. The fraction of sp³-hybridized carbons (Fsp3) is 0.125. The summed E-state index contributed by atoms with van der Waals surface area (Å²) in [6, 6.07) is 3.57. The van der Waals surface area contributed by atoms with Gasteiger partial charge < -0.3 is 0 Å². The van der Waals surface area contributed by atoms with Gasteiger partial charge in [-0.3, -0.25) is 4.79 Å². The van der Waals surface area contributed by atoms with E-state index >= 15 is 0 Å². The Balaban J connectivity index is 3.43. The van der Waals surface area contributed by atoms with Crippen LogP contribution < -0.4 is 0 Å². The van der Waals surface area contributed by atoms with Gasteiger partial charge in [0.25, 0.3) is 0 Å². The molecule has 1 nitrogen and oxygen atoms in total. The fourth-order valence-electron chi connectivity index (χ4n) is 0.850. The molecule has 12 heavy (non-hydrogen) atoms. The van der Waals surface area contributed by atoms with Crippen LogP contribution in [0.1, 0.15) is 17.3 Å². The molecule has 0 spiro atoms. The molecule has 0 aliphatic carbocycles. The molecular weight excluding hydrogens is 307 g/mol. The monoisotopic (exact) mass is 310 g/mol. The van der Waals surface area contributed by atoms with Crippen molar-refractivity contribution in [2.75, 3.05) is 0 Å². The normalized spacial score (nSPS) is 10.0. The van der Waals surface area contributed by atoms with Gasteiger partial charge in [0.15, 0.2) is 5.78 Å². The number of carbonyl (C=O) groups excluding carboxylic acids is 1. The molecule has 0 aliphatic rings. The molecule has 0 fully saturated rings. The molecule has 0 saturated heterocycles. The zero-order chi connectivity index (χ0) is 9.30. The number of rotatable bonds is 1. The molecule has 1 aromatic rings. The van der Waals surface area contributed by atoms with E-state index < -0.39 is 0 Å². The van der Waals surface area contributed by atoms with Crippen LogP contribution in [0.3, 0.4) is 0 Å². The average molecular weight is 312 g/mol. The first-order valence-electron chi connectivity index (χ1n) is 3.18. The van der Waals surface area contributed by atoms with Crippen molar-refractivity contribution in [3.05, 3.63) is 31.7 Å². The lowest BCUT2D eigenvalue weighted by Crippen LogP contribution is -1.95. The van der Waals surface area contributed by atoms with E-state index in [1.165, 1.54) is 6.92 Å².